The topological polar surface area (TPSA) is 244 Å². The minimum atomic E-state index is -5.40. The number of anilines is 1. The van der Waals surface area contributed by atoms with Crippen LogP contribution < -0.4 is 11.4 Å². The van der Waals surface area contributed by atoms with E-state index in [1.807, 2.05) is 0 Å². The first-order valence-corrected chi connectivity index (χ1v) is 17.6. The number of aromatic nitrogens is 2. The van der Waals surface area contributed by atoms with Gasteiger partial charge in [-0.15, -0.1) is 0 Å². The summed E-state index contributed by atoms with van der Waals surface area (Å²) in [5.41, 5.74) is 4.63. The highest BCUT2D eigenvalue weighted by molar-refractivity contribution is 7.60. The van der Waals surface area contributed by atoms with Crippen LogP contribution in [0.1, 0.15) is 103 Å². The molecule has 2 unspecified atom stereocenters. The molecule has 0 amide bonds. The molecule has 1 aromatic heterocycles. The fraction of sp³-hybridized carbons (Fsp3) is 0.840. The Morgan fingerprint density at radius 3 is 1.86 bits per heavy atom. The molecule has 1 saturated heterocycles. The first-order valence-electron chi connectivity index (χ1n) is 14.6. The second-order valence-corrected chi connectivity index (χ2v) is 13.4. The third kappa shape index (κ3) is 13.6. The van der Waals surface area contributed by atoms with Crippen LogP contribution in [-0.4, -0.2) is 70.6 Å². The number of nitrogens with two attached hydrogens (primary N) is 1. The molecule has 1 aromatic rings. The van der Waals surface area contributed by atoms with Crippen molar-refractivity contribution >= 4 is 21.5 Å². The van der Waals surface area contributed by atoms with E-state index in [0.717, 1.165) is 43.1 Å². The Bertz CT molecular complexity index is 1070. The highest BCUT2D eigenvalue weighted by Gasteiger charge is 2.50. The zero-order valence-corrected chi connectivity index (χ0v) is 25.6. The summed E-state index contributed by atoms with van der Waals surface area (Å²) in [7, 11) is -10.7. The summed E-state index contributed by atoms with van der Waals surface area (Å²) in [5.74, 6) is -0.0703. The molecule has 1 aliphatic rings. The third-order valence-corrected chi connectivity index (χ3v) is 9.36. The first-order chi connectivity index (χ1) is 19.8. The number of rotatable bonds is 22. The zero-order chi connectivity index (χ0) is 31.2. The number of ether oxygens (including phenoxy) is 1. The molecule has 244 valence electrons. The van der Waals surface area contributed by atoms with E-state index in [1.54, 1.807) is 0 Å². The Morgan fingerprint density at radius 2 is 1.38 bits per heavy atom. The van der Waals surface area contributed by atoms with E-state index in [-0.39, 0.29) is 18.8 Å². The number of unbranched alkanes of at least 4 members (excludes halogenated alkanes) is 13. The van der Waals surface area contributed by atoms with Gasteiger partial charge in [0, 0.05) is 12.8 Å². The van der Waals surface area contributed by atoms with Crippen LogP contribution in [0.4, 0.5) is 5.82 Å². The number of hydrogen-bond donors (Lipinski definition) is 7. The molecule has 15 nitrogen and oxygen atoms in total. The summed E-state index contributed by atoms with van der Waals surface area (Å²) in [6.45, 7) is 0.267. The van der Waals surface area contributed by atoms with Crippen LogP contribution in [0, 0.1) is 0 Å². The van der Waals surface area contributed by atoms with Gasteiger partial charge in [-0.25, -0.2) is 13.9 Å². The minimum absolute atomic E-state index is 0.0312. The van der Waals surface area contributed by atoms with Crippen molar-refractivity contribution in [3.05, 3.63) is 22.7 Å². The second-order valence-electron chi connectivity index (χ2n) is 10.7. The summed E-state index contributed by atoms with van der Waals surface area (Å²) in [5, 5.41) is 30.0. The van der Waals surface area contributed by atoms with Crippen LogP contribution >= 0.6 is 15.6 Å². The lowest BCUT2D eigenvalue weighted by atomic mass is 9.99. The average Bonchev–Trinajstić information content (AvgIpc) is 3.18. The fourth-order valence-electron chi connectivity index (χ4n) is 5.02. The van der Waals surface area contributed by atoms with Gasteiger partial charge in [0.25, 0.3) is 0 Å². The van der Waals surface area contributed by atoms with Crippen LogP contribution in [0.25, 0.3) is 0 Å². The van der Waals surface area contributed by atoms with Gasteiger partial charge < -0.3 is 40.5 Å². The molecule has 0 saturated carbocycles. The molecule has 0 aliphatic carbocycles. The molecule has 1 aliphatic heterocycles. The number of phosphoric ester groups is 1. The second kappa shape index (κ2) is 18.6. The number of aliphatic hydroxyl groups is 3. The van der Waals surface area contributed by atoms with E-state index in [1.165, 1.54) is 50.8 Å². The van der Waals surface area contributed by atoms with Crippen LogP contribution in [0.15, 0.2) is 17.1 Å². The van der Waals surface area contributed by atoms with E-state index in [0.29, 0.717) is 12.8 Å². The van der Waals surface area contributed by atoms with Gasteiger partial charge in [0.15, 0.2) is 6.23 Å². The molecule has 17 heteroatoms. The highest BCUT2D eigenvalue weighted by Crippen LogP contribution is 2.59. The fourth-order valence-corrected chi connectivity index (χ4v) is 6.82. The lowest BCUT2D eigenvalue weighted by molar-refractivity contribution is -0.0855. The van der Waals surface area contributed by atoms with Crippen molar-refractivity contribution in [1.82, 2.24) is 9.55 Å². The Kier molecular flexibility index (Phi) is 16.3. The SMILES string of the molecule is Nc1ccn([C@@H]2O[C@H](C(CCCCCCCCCCCCCCCCO)OP(=O)(O)OP(=O)(O)O)[C@@H](O)[C@H]2O)c(=O)n1. The lowest BCUT2D eigenvalue weighted by Crippen LogP contribution is -2.40. The molecule has 1 fully saturated rings. The third-order valence-electron chi connectivity index (χ3n) is 7.14. The van der Waals surface area contributed by atoms with Gasteiger partial charge in [0.1, 0.15) is 24.1 Å². The van der Waals surface area contributed by atoms with Crippen molar-refractivity contribution in [2.24, 2.45) is 0 Å². The Morgan fingerprint density at radius 1 is 0.881 bits per heavy atom. The summed E-state index contributed by atoms with van der Waals surface area (Å²) in [6, 6.07) is 1.28. The number of phosphoric acid groups is 2. The van der Waals surface area contributed by atoms with Gasteiger partial charge in [0.05, 0.1) is 6.10 Å². The Labute approximate surface area is 245 Å². The van der Waals surface area contributed by atoms with E-state index < -0.39 is 52.0 Å². The number of nitrogen functional groups attached to an aromatic ring is 1. The quantitative estimate of drug-likeness (QED) is 0.0710. The number of nitrogens with zero attached hydrogens (tertiary/aromatic N) is 2. The lowest BCUT2D eigenvalue weighted by Gasteiger charge is -2.27. The van der Waals surface area contributed by atoms with Crippen molar-refractivity contribution in [2.75, 3.05) is 12.3 Å². The average molecular weight is 644 g/mol. The summed E-state index contributed by atoms with van der Waals surface area (Å²) >= 11 is 0. The Hall–Kier alpha value is -1.22. The van der Waals surface area contributed by atoms with E-state index in [9.17, 15) is 29.0 Å². The van der Waals surface area contributed by atoms with Crippen molar-refractivity contribution in [1.29, 1.82) is 0 Å². The largest absolute Gasteiger partial charge is 0.481 e. The molecule has 2 heterocycles. The van der Waals surface area contributed by atoms with Crippen LogP contribution in [0.5, 0.6) is 0 Å². The summed E-state index contributed by atoms with van der Waals surface area (Å²) < 4.78 is 39.0. The van der Waals surface area contributed by atoms with Crippen LogP contribution in [0.2, 0.25) is 0 Å². The monoisotopic (exact) mass is 643 g/mol. The maximum atomic E-state index is 12.3. The van der Waals surface area contributed by atoms with Gasteiger partial charge in [0.2, 0.25) is 0 Å². The summed E-state index contributed by atoms with van der Waals surface area (Å²) in [6.07, 6.45) is 8.00. The van der Waals surface area contributed by atoms with Crippen molar-refractivity contribution in [3.8, 4) is 0 Å². The number of aliphatic hydroxyl groups excluding tert-OH is 3. The van der Waals surface area contributed by atoms with Crippen molar-refractivity contribution in [2.45, 2.75) is 127 Å². The number of hydrogen-bond acceptors (Lipinski definition) is 11. The van der Waals surface area contributed by atoms with Crippen LogP contribution in [0.3, 0.4) is 0 Å². The van der Waals surface area contributed by atoms with Crippen molar-refractivity contribution in [3.63, 3.8) is 0 Å². The molecular formula is C25H47N3O12P2. The van der Waals surface area contributed by atoms with Gasteiger partial charge in [-0.3, -0.25) is 9.09 Å². The molecule has 0 bridgehead atoms. The smallest absolute Gasteiger partial charge is 0.396 e. The molecule has 6 atom stereocenters. The zero-order valence-electron chi connectivity index (χ0n) is 23.9. The first kappa shape index (κ1) is 37.0. The molecule has 2 rings (SSSR count). The minimum Gasteiger partial charge on any atom is -0.396 e. The van der Waals surface area contributed by atoms with Gasteiger partial charge >= 0.3 is 21.3 Å². The molecule has 0 radical (unpaired) electrons. The van der Waals surface area contributed by atoms with Gasteiger partial charge in [-0.2, -0.15) is 9.29 Å². The van der Waals surface area contributed by atoms with Crippen LogP contribution in [-0.2, 0) is 22.7 Å². The molecule has 8 N–H and O–H groups in total. The molecular weight excluding hydrogens is 596 g/mol. The molecule has 42 heavy (non-hydrogen) atoms. The Balaban J connectivity index is 1.84. The maximum absolute atomic E-state index is 12.3. The van der Waals surface area contributed by atoms with E-state index in [2.05, 4.69) is 9.29 Å². The van der Waals surface area contributed by atoms with E-state index >= 15 is 0 Å². The summed E-state index contributed by atoms with van der Waals surface area (Å²) in [4.78, 5) is 43.7. The van der Waals surface area contributed by atoms with Crippen molar-refractivity contribution < 1.29 is 52.7 Å². The molecule has 0 spiro atoms. The molecule has 0 aromatic carbocycles. The normalized spacial score (nSPS) is 23.2. The van der Waals surface area contributed by atoms with Gasteiger partial charge in [-0.1, -0.05) is 83.5 Å². The predicted octanol–water partition coefficient (Wildman–Crippen LogP) is 2.88. The van der Waals surface area contributed by atoms with Gasteiger partial charge in [-0.05, 0) is 18.9 Å². The highest BCUT2D eigenvalue weighted by atomic mass is 31.3. The predicted molar refractivity (Wildman–Crippen MR) is 153 cm³/mol. The van der Waals surface area contributed by atoms with E-state index in [4.69, 9.17) is 29.9 Å². The standard InChI is InChI=1S/C25H47N3O12P2/c26-20-16-17-28(25(32)27-20)24-22(31)21(30)23(38-24)19(39-42(36,37)40-41(33,34)35)15-13-11-9-7-5-3-1-2-4-6-8-10-12-14-18-29/h16-17,19,21-24,29-31H,1-15,18H2,(H,36,37)(H2,26,27,32)(H2,33,34,35)/t19?,21-,22+,23+,24+/m0/s1. The maximum Gasteiger partial charge on any atom is 0.481 e.